The lowest BCUT2D eigenvalue weighted by Crippen LogP contribution is -2.46. The second-order valence-electron chi connectivity index (χ2n) is 8.29. The molecule has 166 valence electrons. The highest BCUT2D eigenvalue weighted by Crippen LogP contribution is 2.31. The van der Waals surface area contributed by atoms with Gasteiger partial charge in [0.05, 0.1) is 26.2 Å². The van der Waals surface area contributed by atoms with Gasteiger partial charge in [0.2, 0.25) is 0 Å². The molecular formula is C23H36N4O3. The third-order valence-corrected chi connectivity index (χ3v) is 6.41. The molecule has 0 spiro atoms. The maximum Gasteiger partial charge on any atom is 0.310 e. The highest BCUT2D eigenvalue weighted by Gasteiger charge is 2.37. The number of esters is 1. The summed E-state index contributed by atoms with van der Waals surface area (Å²) in [5.41, 5.74) is 1.20. The Labute approximate surface area is 180 Å². The minimum atomic E-state index is -0.138. The van der Waals surface area contributed by atoms with Crippen molar-refractivity contribution in [3.05, 3.63) is 29.8 Å². The number of benzene rings is 1. The van der Waals surface area contributed by atoms with Crippen LogP contribution >= 0.6 is 0 Å². The number of nitrogens with zero attached hydrogens (tertiary/aromatic N) is 3. The van der Waals surface area contributed by atoms with E-state index in [1.165, 1.54) is 31.9 Å². The maximum absolute atomic E-state index is 12.1. The predicted molar refractivity (Wildman–Crippen MR) is 119 cm³/mol. The molecule has 7 heteroatoms. The minimum Gasteiger partial charge on any atom is -0.496 e. The van der Waals surface area contributed by atoms with E-state index in [2.05, 4.69) is 39.2 Å². The fraction of sp³-hybridized carbons (Fsp3) is 0.652. The summed E-state index contributed by atoms with van der Waals surface area (Å²) < 4.78 is 10.7. The molecule has 0 saturated carbocycles. The van der Waals surface area contributed by atoms with Crippen molar-refractivity contribution < 1.29 is 14.3 Å². The molecule has 7 nitrogen and oxygen atoms in total. The van der Waals surface area contributed by atoms with E-state index in [9.17, 15) is 4.79 Å². The largest absolute Gasteiger partial charge is 0.496 e. The molecule has 3 unspecified atom stereocenters. The van der Waals surface area contributed by atoms with Crippen LogP contribution in [0.25, 0.3) is 0 Å². The zero-order valence-electron chi connectivity index (χ0n) is 18.8. The lowest BCUT2D eigenvalue weighted by atomic mass is 9.99. The third-order valence-electron chi connectivity index (χ3n) is 6.41. The summed E-state index contributed by atoms with van der Waals surface area (Å²) in [6.07, 6.45) is 3.75. The van der Waals surface area contributed by atoms with E-state index in [1.807, 2.05) is 12.1 Å². The zero-order valence-corrected chi connectivity index (χ0v) is 18.8. The summed E-state index contributed by atoms with van der Waals surface area (Å²) >= 11 is 0. The summed E-state index contributed by atoms with van der Waals surface area (Å²) in [4.78, 5) is 21.3. The number of ether oxygens (including phenoxy) is 2. The first kappa shape index (κ1) is 22.4. The minimum absolute atomic E-state index is 0.111. The van der Waals surface area contributed by atoms with E-state index in [0.29, 0.717) is 6.54 Å². The number of hydrogen-bond donors (Lipinski definition) is 1. The summed E-state index contributed by atoms with van der Waals surface area (Å²) in [6.45, 7) is 6.45. The monoisotopic (exact) mass is 416 g/mol. The Balaban J connectivity index is 1.73. The Morgan fingerprint density at radius 3 is 2.60 bits per heavy atom. The molecule has 2 fully saturated rings. The van der Waals surface area contributed by atoms with E-state index >= 15 is 0 Å². The predicted octanol–water partition coefficient (Wildman–Crippen LogP) is 2.54. The molecule has 1 N–H and O–H groups in total. The van der Waals surface area contributed by atoms with Gasteiger partial charge in [-0.15, -0.1) is 0 Å². The van der Waals surface area contributed by atoms with E-state index in [-0.39, 0.29) is 23.8 Å². The normalized spacial score (nSPS) is 23.9. The molecule has 2 aliphatic rings. The average molecular weight is 417 g/mol. The van der Waals surface area contributed by atoms with E-state index in [1.54, 1.807) is 14.2 Å². The number of nitrogens with one attached hydrogen (secondary N) is 1. The molecule has 1 aromatic carbocycles. The summed E-state index contributed by atoms with van der Waals surface area (Å²) in [7, 11) is 5.00. The van der Waals surface area contributed by atoms with Crippen molar-refractivity contribution in [2.24, 2.45) is 16.8 Å². The van der Waals surface area contributed by atoms with Crippen LogP contribution in [-0.2, 0) is 9.53 Å². The van der Waals surface area contributed by atoms with Crippen LogP contribution in [0.1, 0.15) is 37.8 Å². The first-order chi connectivity index (χ1) is 14.6. The fourth-order valence-corrected chi connectivity index (χ4v) is 4.73. The summed E-state index contributed by atoms with van der Waals surface area (Å²) in [5.74, 6) is 1.75. The highest BCUT2D eigenvalue weighted by molar-refractivity contribution is 5.82. The van der Waals surface area contributed by atoms with Crippen LogP contribution in [0.2, 0.25) is 0 Å². The number of methoxy groups -OCH3 is 2. The Bertz CT molecular complexity index is 733. The molecule has 0 bridgehead atoms. The van der Waals surface area contributed by atoms with Crippen molar-refractivity contribution >= 4 is 11.9 Å². The number of carbonyl (C=O) groups excluding carboxylic acids is 1. The van der Waals surface area contributed by atoms with Crippen LogP contribution in [0, 0.1) is 11.8 Å². The van der Waals surface area contributed by atoms with Crippen molar-refractivity contribution in [1.29, 1.82) is 0 Å². The number of guanidine groups is 1. The molecule has 1 aromatic rings. The van der Waals surface area contributed by atoms with Gasteiger partial charge in [0.1, 0.15) is 5.75 Å². The SMILES string of the molecule is CN=C(NCC(c1ccccc1OC)N1CCCCC1)N1CC(C)C(C(=O)OC)C1. The van der Waals surface area contributed by atoms with Crippen molar-refractivity contribution in [2.45, 2.75) is 32.2 Å². The van der Waals surface area contributed by atoms with Gasteiger partial charge in [0, 0.05) is 32.2 Å². The topological polar surface area (TPSA) is 66.4 Å². The Hall–Kier alpha value is -2.28. The molecule has 0 radical (unpaired) electrons. The highest BCUT2D eigenvalue weighted by atomic mass is 16.5. The van der Waals surface area contributed by atoms with Gasteiger partial charge < -0.3 is 19.7 Å². The second kappa shape index (κ2) is 10.7. The number of likely N-dealkylation sites (tertiary alicyclic amines) is 2. The van der Waals surface area contributed by atoms with Crippen molar-refractivity contribution in [2.75, 3.05) is 54.0 Å². The molecule has 2 aliphatic heterocycles. The van der Waals surface area contributed by atoms with Gasteiger partial charge in [-0.05, 0) is 37.9 Å². The molecule has 0 aliphatic carbocycles. The van der Waals surface area contributed by atoms with Crippen LogP contribution in [0.15, 0.2) is 29.3 Å². The Morgan fingerprint density at radius 2 is 1.93 bits per heavy atom. The molecule has 30 heavy (non-hydrogen) atoms. The van der Waals surface area contributed by atoms with Gasteiger partial charge in [0.15, 0.2) is 5.96 Å². The van der Waals surface area contributed by atoms with E-state index in [4.69, 9.17) is 9.47 Å². The van der Waals surface area contributed by atoms with Crippen LogP contribution < -0.4 is 10.1 Å². The van der Waals surface area contributed by atoms with Crippen LogP contribution in [-0.4, -0.2) is 75.7 Å². The lowest BCUT2D eigenvalue weighted by molar-refractivity contribution is -0.145. The van der Waals surface area contributed by atoms with Crippen LogP contribution in [0.3, 0.4) is 0 Å². The third kappa shape index (κ3) is 5.06. The number of para-hydroxylation sites is 1. The number of aliphatic imine (C=N–C) groups is 1. The fourth-order valence-electron chi connectivity index (χ4n) is 4.73. The van der Waals surface area contributed by atoms with E-state index < -0.39 is 0 Å². The quantitative estimate of drug-likeness (QED) is 0.437. The Morgan fingerprint density at radius 1 is 1.20 bits per heavy atom. The van der Waals surface area contributed by atoms with E-state index in [0.717, 1.165) is 37.9 Å². The van der Waals surface area contributed by atoms with Gasteiger partial charge in [-0.2, -0.15) is 0 Å². The molecule has 2 heterocycles. The summed E-state index contributed by atoms with van der Waals surface area (Å²) in [6, 6.07) is 8.49. The molecule has 3 rings (SSSR count). The zero-order chi connectivity index (χ0) is 21.5. The van der Waals surface area contributed by atoms with Crippen molar-refractivity contribution in [3.8, 4) is 5.75 Å². The number of carbonyl (C=O) groups is 1. The standard InChI is InChI=1S/C23H36N4O3/c1-17-15-27(16-19(17)22(28)30-4)23(24-2)25-14-20(26-12-8-5-9-13-26)18-10-6-7-11-21(18)29-3/h6-7,10-11,17,19-20H,5,8-9,12-16H2,1-4H3,(H,24,25). The van der Waals surface area contributed by atoms with Crippen LogP contribution in [0.5, 0.6) is 5.75 Å². The number of hydrogen-bond acceptors (Lipinski definition) is 5. The van der Waals surface area contributed by atoms with Crippen molar-refractivity contribution in [3.63, 3.8) is 0 Å². The molecule has 0 aromatic heterocycles. The smallest absolute Gasteiger partial charge is 0.310 e. The van der Waals surface area contributed by atoms with Gasteiger partial charge in [-0.1, -0.05) is 31.5 Å². The van der Waals surface area contributed by atoms with Gasteiger partial charge in [0.25, 0.3) is 0 Å². The lowest BCUT2D eigenvalue weighted by Gasteiger charge is -2.36. The van der Waals surface area contributed by atoms with Gasteiger partial charge in [-0.3, -0.25) is 14.7 Å². The second-order valence-corrected chi connectivity index (χ2v) is 8.29. The first-order valence-electron chi connectivity index (χ1n) is 11.0. The van der Waals surface area contributed by atoms with Gasteiger partial charge in [-0.25, -0.2) is 0 Å². The van der Waals surface area contributed by atoms with Crippen molar-refractivity contribution in [1.82, 2.24) is 15.1 Å². The molecule has 3 atom stereocenters. The maximum atomic E-state index is 12.1. The molecular weight excluding hydrogens is 380 g/mol. The average Bonchev–Trinajstić information content (AvgIpc) is 3.18. The number of rotatable bonds is 6. The van der Waals surface area contributed by atoms with Crippen LogP contribution in [0.4, 0.5) is 0 Å². The molecule has 2 saturated heterocycles. The summed E-state index contributed by atoms with van der Waals surface area (Å²) in [5, 5.41) is 3.58. The molecule has 0 amide bonds. The Kier molecular flexibility index (Phi) is 7.96. The van der Waals surface area contributed by atoms with Gasteiger partial charge >= 0.3 is 5.97 Å². The number of piperidine rings is 1. The first-order valence-corrected chi connectivity index (χ1v) is 11.0.